The lowest BCUT2D eigenvalue weighted by Crippen LogP contribution is -2.34. The molecule has 1 fully saturated rings. The number of carbonyl (C=O) groups is 1. The van der Waals surface area contributed by atoms with Crippen LogP contribution >= 0.6 is 0 Å². The molecule has 0 atom stereocenters. The third kappa shape index (κ3) is 3.23. The third-order valence-electron chi connectivity index (χ3n) is 3.74. The number of nitrogens with two attached hydrogens (primary N) is 1. The molecule has 0 bridgehead atoms. The van der Waals surface area contributed by atoms with Gasteiger partial charge in [0.15, 0.2) is 0 Å². The molecule has 0 radical (unpaired) electrons. The smallest absolute Gasteiger partial charge is 0.253 e. The van der Waals surface area contributed by atoms with E-state index in [9.17, 15) is 4.79 Å². The van der Waals surface area contributed by atoms with Crippen LogP contribution in [0.1, 0.15) is 42.2 Å². The zero-order chi connectivity index (χ0) is 13.8. The number of nitrogens with zero attached hydrogens (tertiary/aromatic N) is 2. The minimum absolute atomic E-state index is 0.0421. The second-order valence-corrected chi connectivity index (χ2v) is 5.21. The van der Waals surface area contributed by atoms with Gasteiger partial charge in [0, 0.05) is 24.8 Å². The molecular formula is C14H22N4O. The Balaban J connectivity index is 2.12. The number of nitrogen functional groups attached to an aromatic ring is 1. The van der Waals surface area contributed by atoms with Crippen LogP contribution < -0.4 is 11.3 Å². The van der Waals surface area contributed by atoms with Crippen molar-refractivity contribution in [3.8, 4) is 0 Å². The van der Waals surface area contributed by atoms with Crippen LogP contribution in [0, 0.1) is 5.92 Å². The van der Waals surface area contributed by atoms with Crippen LogP contribution in [-0.2, 0) is 6.42 Å². The minimum Gasteiger partial charge on any atom is -0.341 e. The van der Waals surface area contributed by atoms with Gasteiger partial charge < -0.3 is 10.3 Å². The molecule has 1 aromatic heterocycles. The molecule has 2 rings (SSSR count). The number of nitrogens with one attached hydrogen (secondary N) is 1. The Morgan fingerprint density at radius 3 is 2.79 bits per heavy atom. The number of amides is 1. The quantitative estimate of drug-likeness (QED) is 0.627. The number of carbonyl (C=O) groups excluding carboxylic acids is 1. The second-order valence-electron chi connectivity index (χ2n) is 5.21. The van der Waals surface area contributed by atoms with Crippen molar-refractivity contribution in [3.63, 3.8) is 0 Å². The maximum Gasteiger partial charge on any atom is 0.253 e. The topological polar surface area (TPSA) is 71.2 Å². The average molecular weight is 262 g/mol. The van der Waals surface area contributed by atoms with Crippen LogP contribution in [0.3, 0.4) is 0 Å². The molecule has 104 valence electrons. The maximum absolute atomic E-state index is 12.4. The van der Waals surface area contributed by atoms with E-state index in [1.807, 2.05) is 20.0 Å². The minimum atomic E-state index is 0.0421. The SMILES string of the molecule is CCc1cc(C(=O)N(C)CC2CCC2)cc(NN)n1. The van der Waals surface area contributed by atoms with Crippen molar-refractivity contribution in [2.45, 2.75) is 32.6 Å². The highest BCUT2D eigenvalue weighted by Crippen LogP contribution is 2.27. The van der Waals surface area contributed by atoms with E-state index < -0.39 is 0 Å². The number of rotatable bonds is 5. The van der Waals surface area contributed by atoms with Gasteiger partial charge in [-0.15, -0.1) is 0 Å². The predicted octanol–water partition coefficient (Wildman–Crippen LogP) is 1.80. The van der Waals surface area contributed by atoms with Gasteiger partial charge in [-0.05, 0) is 37.3 Å². The number of pyridine rings is 1. The van der Waals surface area contributed by atoms with E-state index in [0.29, 0.717) is 17.3 Å². The van der Waals surface area contributed by atoms with Crippen molar-refractivity contribution in [1.82, 2.24) is 9.88 Å². The summed E-state index contributed by atoms with van der Waals surface area (Å²) in [5.74, 6) is 6.65. The van der Waals surface area contributed by atoms with Gasteiger partial charge in [-0.1, -0.05) is 13.3 Å². The first-order chi connectivity index (χ1) is 9.13. The summed E-state index contributed by atoms with van der Waals surface area (Å²) in [5.41, 5.74) is 4.04. The Labute approximate surface area is 114 Å². The van der Waals surface area contributed by atoms with Crippen LogP contribution in [0.2, 0.25) is 0 Å². The van der Waals surface area contributed by atoms with E-state index in [1.54, 1.807) is 11.0 Å². The summed E-state index contributed by atoms with van der Waals surface area (Å²) in [6, 6.07) is 3.55. The van der Waals surface area contributed by atoms with E-state index in [-0.39, 0.29) is 5.91 Å². The molecule has 3 N–H and O–H groups in total. The number of anilines is 1. The zero-order valence-corrected chi connectivity index (χ0v) is 11.6. The van der Waals surface area contributed by atoms with Gasteiger partial charge in [0.05, 0.1) is 0 Å². The number of aryl methyl sites for hydroxylation is 1. The lowest BCUT2D eigenvalue weighted by atomic mass is 9.85. The molecule has 1 amide bonds. The van der Waals surface area contributed by atoms with Crippen molar-refractivity contribution in [3.05, 3.63) is 23.4 Å². The van der Waals surface area contributed by atoms with Crippen molar-refractivity contribution < 1.29 is 4.79 Å². The van der Waals surface area contributed by atoms with Crippen LogP contribution in [0.5, 0.6) is 0 Å². The molecule has 1 aromatic rings. The Morgan fingerprint density at radius 1 is 1.53 bits per heavy atom. The average Bonchev–Trinajstić information content (AvgIpc) is 2.40. The summed E-state index contributed by atoms with van der Waals surface area (Å²) in [4.78, 5) is 18.5. The highest BCUT2D eigenvalue weighted by Gasteiger charge is 2.22. The fourth-order valence-corrected chi connectivity index (χ4v) is 2.33. The highest BCUT2D eigenvalue weighted by atomic mass is 16.2. The van der Waals surface area contributed by atoms with Crippen molar-refractivity contribution in [2.24, 2.45) is 11.8 Å². The molecule has 0 aromatic carbocycles. The molecule has 1 aliphatic rings. The Kier molecular flexibility index (Phi) is 4.37. The first-order valence-electron chi connectivity index (χ1n) is 6.87. The molecule has 5 nitrogen and oxygen atoms in total. The van der Waals surface area contributed by atoms with E-state index in [2.05, 4.69) is 10.4 Å². The highest BCUT2D eigenvalue weighted by molar-refractivity contribution is 5.94. The molecule has 0 spiro atoms. The lowest BCUT2D eigenvalue weighted by molar-refractivity contribution is 0.0745. The van der Waals surface area contributed by atoms with Gasteiger partial charge in [-0.2, -0.15) is 0 Å². The second kappa shape index (κ2) is 6.02. The van der Waals surface area contributed by atoms with Crippen LogP contribution in [0.25, 0.3) is 0 Å². The molecule has 1 aliphatic carbocycles. The lowest BCUT2D eigenvalue weighted by Gasteiger charge is -2.30. The Morgan fingerprint density at radius 2 is 2.26 bits per heavy atom. The number of hydrogen-bond donors (Lipinski definition) is 2. The fourth-order valence-electron chi connectivity index (χ4n) is 2.33. The van der Waals surface area contributed by atoms with Crippen LogP contribution in [0.4, 0.5) is 5.82 Å². The molecule has 0 saturated heterocycles. The first-order valence-corrected chi connectivity index (χ1v) is 6.87. The van der Waals surface area contributed by atoms with E-state index in [4.69, 9.17) is 5.84 Å². The number of aromatic nitrogens is 1. The standard InChI is InChI=1S/C14H22N4O/c1-3-12-7-11(8-13(16-12)17-15)14(19)18(2)9-10-5-4-6-10/h7-8,10H,3-6,9,15H2,1-2H3,(H,16,17). The zero-order valence-electron chi connectivity index (χ0n) is 11.6. The summed E-state index contributed by atoms with van der Waals surface area (Å²) in [5, 5.41) is 0. The predicted molar refractivity (Wildman–Crippen MR) is 75.7 cm³/mol. The monoisotopic (exact) mass is 262 g/mol. The van der Waals surface area contributed by atoms with Gasteiger partial charge in [0.25, 0.3) is 5.91 Å². The van der Waals surface area contributed by atoms with Gasteiger partial charge in [-0.25, -0.2) is 10.8 Å². The molecule has 19 heavy (non-hydrogen) atoms. The largest absolute Gasteiger partial charge is 0.341 e. The summed E-state index contributed by atoms with van der Waals surface area (Å²) in [6.07, 6.45) is 4.55. The number of hydrazine groups is 1. The van der Waals surface area contributed by atoms with Crippen molar-refractivity contribution in [2.75, 3.05) is 19.0 Å². The maximum atomic E-state index is 12.4. The third-order valence-corrected chi connectivity index (χ3v) is 3.74. The first kappa shape index (κ1) is 13.8. The van der Waals surface area contributed by atoms with Crippen molar-refractivity contribution >= 4 is 11.7 Å². The summed E-state index contributed by atoms with van der Waals surface area (Å²) < 4.78 is 0. The molecular weight excluding hydrogens is 240 g/mol. The molecule has 1 heterocycles. The number of hydrogen-bond acceptors (Lipinski definition) is 4. The fraction of sp³-hybridized carbons (Fsp3) is 0.571. The van der Waals surface area contributed by atoms with Gasteiger partial charge in [0.1, 0.15) is 5.82 Å². The van der Waals surface area contributed by atoms with E-state index >= 15 is 0 Å². The van der Waals surface area contributed by atoms with Gasteiger partial charge >= 0.3 is 0 Å². The molecule has 0 unspecified atom stereocenters. The Bertz CT molecular complexity index is 435. The Hall–Kier alpha value is -1.62. The van der Waals surface area contributed by atoms with Crippen LogP contribution in [0.15, 0.2) is 12.1 Å². The van der Waals surface area contributed by atoms with Gasteiger partial charge in [0.2, 0.25) is 0 Å². The van der Waals surface area contributed by atoms with E-state index in [0.717, 1.165) is 18.7 Å². The van der Waals surface area contributed by atoms with E-state index in [1.165, 1.54) is 19.3 Å². The van der Waals surface area contributed by atoms with Crippen molar-refractivity contribution in [1.29, 1.82) is 0 Å². The van der Waals surface area contributed by atoms with Crippen LogP contribution in [-0.4, -0.2) is 29.4 Å². The van der Waals surface area contributed by atoms with Gasteiger partial charge in [-0.3, -0.25) is 4.79 Å². The normalized spacial score (nSPS) is 14.9. The molecule has 0 aliphatic heterocycles. The summed E-state index contributed by atoms with van der Waals surface area (Å²) in [7, 11) is 1.86. The molecule has 5 heteroatoms. The summed E-state index contributed by atoms with van der Waals surface area (Å²) in [6.45, 7) is 2.85. The molecule has 1 saturated carbocycles. The summed E-state index contributed by atoms with van der Waals surface area (Å²) >= 11 is 0.